The average Bonchev–Trinajstić information content (AvgIpc) is 3.20. The Hall–Kier alpha value is -2.25. The lowest BCUT2D eigenvalue weighted by molar-refractivity contribution is -0.123. The fourth-order valence-corrected chi connectivity index (χ4v) is 4.55. The van der Waals surface area contributed by atoms with Gasteiger partial charge < -0.3 is 20.1 Å². The number of ether oxygens (including phenoxy) is 2. The zero-order valence-electron chi connectivity index (χ0n) is 15.4. The molecule has 0 saturated carbocycles. The summed E-state index contributed by atoms with van der Waals surface area (Å²) in [6.45, 7) is 0.701. The second kappa shape index (κ2) is 8.84. The maximum atomic E-state index is 13.0. The Kier molecular flexibility index (Phi) is 6.02. The lowest BCUT2D eigenvalue weighted by atomic mass is 10.1. The van der Waals surface area contributed by atoms with Crippen molar-refractivity contribution in [3.8, 4) is 11.5 Å². The van der Waals surface area contributed by atoms with Crippen LogP contribution in [0.1, 0.15) is 17.5 Å². The van der Waals surface area contributed by atoms with E-state index in [1.54, 1.807) is 11.8 Å². The minimum atomic E-state index is -0.214. The molecule has 7 heteroatoms. The topological polar surface area (TPSA) is 59.6 Å². The predicted octanol–water partition coefficient (Wildman–Crippen LogP) is 2.88. The van der Waals surface area contributed by atoms with Crippen molar-refractivity contribution >= 4 is 17.7 Å². The lowest BCUT2D eigenvalue weighted by Gasteiger charge is -2.30. The zero-order chi connectivity index (χ0) is 19.3. The van der Waals surface area contributed by atoms with Crippen molar-refractivity contribution in [2.45, 2.75) is 31.5 Å². The van der Waals surface area contributed by atoms with Gasteiger partial charge in [-0.2, -0.15) is 11.8 Å². The number of hydrogen-bond acceptors (Lipinski definition) is 5. The van der Waals surface area contributed by atoms with E-state index in [4.69, 9.17) is 9.47 Å². The number of amides is 1. The summed E-state index contributed by atoms with van der Waals surface area (Å²) in [5, 5.41) is 6.47. The highest BCUT2D eigenvalue weighted by molar-refractivity contribution is 7.99. The Labute approximate surface area is 168 Å². The monoisotopic (exact) mass is 402 g/mol. The smallest absolute Gasteiger partial charge is 0.238 e. The first-order valence-electron chi connectivity index (χ1n) is 9.42. The largest absolute Gasteiger partial charge is 0.454 e. The van der Waals surface area contributed by atoms with Crippen LogP contribution in [0.4, 0.5) is 4.39 Å². The van der Waals surface area contributed by atoms with Crippen molar-refractivity contribution in [3.63, 3.8) is 0 Å². The van der Waals surface area contributed by atoms with Gasteiger partial charge in [-0.05, 0) is 48.2 Å². The lowest BCUT2D eigenvalue weighted by Crippen LogP contribution is -2.53. The van der Waals surface area contributed by atoms with Crippen LogP contribution in [0.5, 0.6) is 11.5 Å². The Morgan fingerprint density at radius 1 is 1.11 bits per heavy atom. The molecule has 1 fully saturated rings. The molecule has 0 aliphatic carbocycles. The number of benzene rings is 2. The van der Waals surface area contributed by atoms with Crippen molar-refractivity contribution in [2.75, 3.05) is 18.3 Å². The SMILES string of the molecule is O=C(NCc1ccc2c(c1)OCO2)[C@@H]1CSCC(CCc2ccc(F)cc2)N1. The Balaban J connectivity index is 1.25. The molecule has 0 spiro atoms. The first kappa shape index (κ1) is 19.1. The number of carbonyl (C=O) groups is 1. The van der Waals surface area contributed by atoms with Gasteiger partial charge >= 0.3 is 0 Å². The highest BCUT2D eigenvalue weighted by Crippen LogP contribution is 2.32. The number of hydrogen-bond donors (Lipinski definition) is 2. The second-order valence-electron chi connectivity index (χ2n) is 7.02. The fraction of sp³-hybridized carbons (Fsp3) is 0.381. The van der Waals surface area contributed by atoms with E-state index in [0.29, 0.717) is 6.54 Å². The summed E-state index contributed by atoms with van der Waals surface area (Å²) in [5.41, 5.74) is 2.09. The molecule has 2 aliphatic heterocycles. The molecule has 1 saturated heterocycles. The quantitative estimate of drug-likeness (QED) is 0.778. The number of rotatable bonds is 6. The molecule has 2 aromatic rings. The third-order valence-electron chi connectivity index (χ3n) is 4.96. The van der Waals surface area contributed by atoms with Gasteiger partial charge in [-0.3, -0.25) is 4.79 Å². The summed E-state index contributed by atoms with van der Waals surface area (Å²) >= 11 is 1.80. The summed E-state index contributed by atoms with van der Waals surface area (Å²) in [4.78, 5) is 12.6. The van der Waals surface area contributed by atoms with Gasteiger partial charge in [-0.15, -0.1) is 0 Å². The molecule has 0 radical (unpaired) electrons. The molecule has 2 heterocycles. The maximum absolute atomic E-state index is 13.0. The molecule has 0 bridgehead atoms. The van der Waals surface area contributed by atoms with E-state index >= 15 is 0 Å². The molecule has 1 amide bonds. The Bertz CT molecular complexity index is 831. The summed E-state index contributed by atoms with van der Waals surface area (Å²) in [5.74, 6) is 3.00. The van der Waals surface area contributed by atoms with Crippen LogP contribution in [0.3, 0.4) is 0 Å². The van der Waals surface area contributed by atoms with Crippen LogP contribution in [0.25, 0.3) is 0 Å². The number of aryl methyl sites for hydroxylation is 1. The molecule has 1 unspecified atom stereocenters. The summed E-state index contributed by atoms with van der Waals surface area (Å²) < 4.78 is 23.7. The standard InChI is InChI=1S/C21H23FN2O3S/c22-16-5-1-14(2-6-16)3-7-17-11-28-12-18(24-17)21(25)23-10-15-4-8-19-20(9-15)27-13-26-19/h1-2,4-6,8-9,17-18,24H,3,7,10-13H2,(H,23,25)/t17?,18-/m0/s1. The number of fused-ring (bicyclic) bond motifs is 1. The van der Waals surface area contributed by atoms with Crippen LogP contribution < -0.4 is 20.1 Å². The Morgan fingerprint density at radius 2 is 1.89 bits per heavy atom. The summed E-state index contributed by atoms with van der Waals surface area (Å²) in [7, 11) is 0. The third-order valence-corrected chi connectivity index (χ3v) is 6.16. The first-order chi connectivity index (χ1) is 13.7. The van der Waals surface area contributed by atoms with Gasteiger partial charge in [0.15, 0.2) is 11.5 Å². The van der Waals surface area contributed by atoms with Gasteiger partial charge in [0, 0.05) is 24.1 Å². The number of carbonyl (C=O) groups excluding carboxylic acids is 1. The molecule has 148 valence electrons. The van der Waals surface area contributed by atoms with Gasteiger partial charge in [0.1, 0.15) is 5.82 Å². The van der Waals surface area contributed by atoms with Crippen molar-refractivity contribution in [2.24, 2.45) is 0 Å². The molecular weight excluding hydrogens is 379 g/mol. The molecule has 5 nitrogen and oxygen atoms in total. The summed E-state index contributed by atoms with van der Waals surface area (Å²) in [6, 6.07) is 12.4. The van der Waals surface area contributed by atoms with E-state index < -0.39 is 0 Å². The number of halogens is 1. The van der Waals surface area contributed by atoms with Gasteiger partial charge in [0.2, 0.25) is 12.7 Å². The predicted molar refractivity (Wildman–Crippen MR) is 107 cm³/mol. The number of nitrogens with one attached hydrogen (secondary N) is 2. The highest BCUT2D eigenvalue weighted by atomic mass is 32.2. The maximum Gasteiger partial charge on any atom is 0.238 e. The van der Waals surface area contributed by atoms with E-state index in [-0.39, 0.29) is 30.6 Å². The molecule has 2 atom stereocenters. The van der Waals surface area contributed by atoms with Gasteiger partial charge in [-0.1, -0.05) is 18.2 Å². The minimum Gasteiger partial charge on any atom is -0.454 e. The van der Waals surface area contributed by atoms with Crippen LogP contribution in [-0.2, 0) is 17.8 Å². The first-order valence-corrected chi connectivity index (χ1v) is 10.6. The second-order valence-corrected chi connectivity index (χ2v) is 8.10. The molecule has 28 heavy (non-hydrogen) atoms. The molecule has 0 aromatic heterocycles. The summed E-state index contributed by atoms with van der Waals surface area (Å²) in [6.07, 6.45) is 1.79. The van der Waals surface area contributed by atoms with Crippen LogP contribution in [0, 0.1) is 5.82 Å². The Morgan fingerprint density at radius 3 is 2.75 bits per heavy atom. The van der Waals surface area contributed by atoms with E-state index in [9.17, 15) is 9.18 Å². The normalized spacial score (nSPS) is 20.8. The molecule has 4 rings (SSSR count). The van der Waals surface area contributed by atoms with E-state index in [1.165, 1.54) is 12.1 Å². The van der Waals surface area contributed by atoms with Crippen LogP contribution in [0.2, 0.25) is 0 Å². The van der Waals surface area contributed by atoms with E-state index in [1.807, 2.05) is 30.3 Å². The number of thioether (sulfide) groups is 1. The van der Waals surface area contributed by atoms with E-state index in [0.717, 1.165) is 47.0 Å². The molecule has 2 aromatic carbocycles. The minimum absolute atomic E-state index is 0.0108. The van der Waals surface area contributed by atoms with Crippen molar-refractivity contribution in [1.29, 1.82) is 0 Å². The van der Waals surface area contributed by atoms with Gasteiger partial charge in [-0.25, -0.2) is 4.39 Å². The van der Waals surface area contributed by atoms with Crippen LogP contribution >= 0.6 is 11.8 Å². The van der Waals surface area contributed by atoms with Crippen molar-refractivity contribution in [3.05, 3.63) is 59.4 Å². The highest BCUT2D eigenvalue weighted by Gasteiger charge is 2.26. The van der Waals surface area contributed by atoms with Crippen molar-refractivity contribution in [1.82, 2.24) is 10.6 Å². The van der Waals surface area contributed by atoms with Crippen LogP contribution in [0.15, 0.2) is 42.5 Å². The van der Waals surface area contributed by atoms with Gasteiger partial charge in [0.25, 0.3) is 0 Å². The zero-order valence-corrected chi connectivity index (χ0v) is 16.3. The molecule has 2 N–H and O–H groups in total. The third kappa shape index (κ3) is 4.77. The molecule has 2 aliphatic rings. The fourth-order valence-electron chi connectivity index (χ4n) is 3.38. The van der Waals surface area contributed by atoms with Crippen LogP contribution in [-0.4, -0.2) is 36.3 Å². The van der Waals surface area contributed by atoms with E-state index in [2.05, 4.69) is 10.6 Å². The van der Waals surface area contributed by atoms with Gasteiger partial charge in [0.05, 0.1) is 6.04 Å². The van der Waals surface area contributed by atoms with Crippen molar-refractivity contribution < 1.29 is 18.7 Å². The average molecular weight is 402 g/mol. The molecular formula is C21H23FN2O3S.